The average Bonchev–Trinajstić information content (AvgIpc) is 2.03. The maximum Gasteiger partial charge on any atom is 0.239 e. The smallest absolute Gasteiger partial charge is 0.239 e. The quantitative estimate of drug-likeness (QED) is 0.615. The van der Waals surface area contributed by atoms with Crippen molar-refractivity contribution in [3.05, 3.63) is 0 Å². The zero-order valence-electron chi connectivity index (χ0n) is 8.03. The van der Waals surface area contributed by atoms with Gasteiger partial charge in [0.25, 0.3) is 0 Å². The minimum Gasteiger partial charge on any atom is -0.337 e. The molecule has 76 valence electrons. The Morgan fingerprint density at radius 2 is 2.31 bits per heavy atom. The van der Waals surface area contributed by atoms with Gasteiger partial charge in [0.15, 0.2) is 0 Å². The van der Waals surface area contributed by atoms with Crippen LogP contribution in [0.2, 0.25) is 0 Å². The Morgan fingerprint density at radius 1 is 1.69 bits per heavy atom. The van der Waals surface area contributed by atoms with Gasteiger partial charge in [0, 0.05) is 34.9 Å². The second-order valence-electron chi connectivity index (χ2n) is 3.48. The molecule has 2 unspecified atom stereocenters. The number of rotatable bonds is 1. The summed E-state index contributed by atoms with van der Waals surface area (Å²) in [6.07, 6.45) is 0. The maximum absolute atomic E-state index is 11.5. The van der Waals surface area contributed by atoms with Gasteiger partial charge in [-0.3, -0.25) is 9.00 Å². The van der Waals surface area contributed by atoms with Gasteiger partial charge in [0.05, 0.1) is 6.04 Å². The number of nitrogens with two attached hydrogens (primary N) is 1. The summed E-state index contributed by atoms with van der Waals surface area (Å²) >= 11 is 0. The Bertz CT molecular complexity index is 230. The molecule has 5 heteroatoms. The number of carbonyl (C=O) groups excluding carboxylic acids is 1. The van der Waals surface area contributed by atoms with Crippen LogP contribution in [0.3, 0.4) is 0 Å². The largest absolute Gasteiger partial charge is 0.337 e. The average molecular weight is 204 g/mol. The highest BCUT2D eigenvalue weighted by molar-refractivity contribution is 7.85. The molecule has 4 nitrogen and oxygen atoms in total. The van der Waals surface area contributed by atoms with Gasteiger partial charge in [0.1, 0.15) is 0 Å². The van der Waals surface area contributed by atoms with Crippen molar-refractivity contribution in [2.24, 2.45) is 5.73 Å². The number of hydrogen-bond acceptors (Lipinski definition) is 3. The van der Waals surface area contributed by atoms with Gasteiger partial charge >= 0.3 is 0 Å². The Balaban J connectivity index is 2.61. The van der Waals surface area contributed by atoms with Gasteiger partial charge in [-0.15, -0.1) is 0 Å². The molecular formula is C8H16N2O2S. The Hall–Kier alpha value is -0.420. The van der Waals surface area contributed by atoms with Gasteiger partial charge in [-0.1, -0.05) is 0 Å². The fraction of sp³-hybridized carbons (Fsp3) is 0.875. The van der Waals surface area contributed by atoms with E-state index in [0.29, 0.717) is 18.1 Å². The van der Waals surface area contributed by atoms with Gasteiger partial charge in [-0.25, -0.2) is 0 Å². The molecule has 1 aliphatic heterocycles. The highest BCUT2D eigenvalue weighted by Crippen LogP contribution is 2.09. The predicted molar refractivity (Wildman–Crippen MR) is 52.7 cm³/mol. The first-order valence-corrected chi connectivity index (χ1v) is 5.92. The molecule has 0 spiro atoms. The zero-order valence-corrected chi connectivity index (χ0v) is 8.84. The van der Waals surface area contributed by atoms with E-state index in [1.165, 1.54) is 0 Å². The number of nitrogens with zero attached hydrogens (tertiary/aromatic N) is 1. The Kier molecular flexibility index (Phi) is 3.44. The SMILES string of the molecule is CC1CS(=O)CCN1C(=O)[C@H](C)N. The van der Waals surface area contributed by atoms with Crippen molar-refractivity contribution in [2.45, 2.75) is 25.9 Å². The summed E-state index contributed by atoms with van der Waals surface area (Å²) in [5, 5.41) is 0. The maximum atomic E-state index is 11.5. The molecule has 0 aromatic heterocycles. The molecule has 1 aliphatic rings. The van der Waals surface area contributed by atoms with Crippen molar-refractivity contribution in [2.75, 3.05) is 18.1 Å². The molecule has 0 saturated carbocycles. The second-order valence-corrected chi connectivity index (χ2v) is 5.10. The molecule has 0 aromatic carbocycles. The lowest BCUT2D eigenvalue weighted by Gasteiger charge is -2.33. The molecule has 1 fully saturated rings. The van der Waals surface area contributed by atoms with Crippen molar-refractivity contribution >= 4 is 16.7 Å². The van der Waals surface area contributed by atoms with E-state index in [1.807, 2.05) is 6.92 Å². The van der Waals surface area contributed by atoms with Crippen molar-refractivity contribution < 1.29 is 9.00 Å². The summed E-state index contributed by atoms with van der Waals surface area (Å²) < 4.78 is 11.2. The summed E-state index contributed by atoms with van der Waals surface area (Å²) in [4.78, 5) is 13.2. The van der Waals surface area contributed by atoms with Crippen LogP contribution in [-0.4, -0.2) is 45.2 Å². The monoisotopic (exact) mass is 204 g/mol. The van der Waals surface area contributed by atoms with Crippen LogP contribution in [0.15, 0.2) is 0 Å². The van der Waals surface area contributed by atoms with Gasteiger partial charge < -0.3 is 10.6 Å². The third-order valence-electron chi connectivity index (χ3n) is 2.19. The van der Waals surface area contributed by atoms with Crippen LogP contribution in [0.25, 0.3) is 0 Å². The van der Waals surface area contributed by atoms with E-state index in [4.69, 9.17) is 5.73 Å². The molecule has 1 rings (SSSR count). The Labute approximate surface area is 80.9 Å². The number of amides is 1. The van der Waals surface area contributed by atoms with Crippen LogP contribution in [-0.2, 0) is 15.6 Å². The van der Waals surface area contributed by atoms with Crippen LogP contribution in [0, 0.1) is 0 Å². The molecule has 1 amide bonds. The standard InChI is InChI=1S/C8H16N2O2S/c1-6-5-13(12)4-3-10(6)8(11)7(2)9/h6-7H,3-5,9H2,1-2H3/t6?,7-,13?/m0/s1. The molecule has 0 aliphatic carbocycles. The second kappa shape index (κ2) is 4.19. The summed E-state index contributed by atoms with van der Waals surface area (Å²) in [6.45, 7) is 4.17. The van der Waals surface area contributed by atoms with Crippen LogP contribution in [0.1, 0.15) is 13.8 Å². The summed E-state index contributed by atoms with van der Waals surface area (Å²) in [5.41, 5.74) is 5.50. The predicted octanol–water partition coefficient (Wildman–Crippen LogP) is -0.687. The lowest BCUT2D eigenvalue weighted by molar-refractivity contribution is -0.133. The fourth-order valence-corrected chi connectivity index (χ4v) is 2.74. The minimum atomic E-state index is -0.755. The fourth-order valence-electron chi connectivity index (χ4n) is 1.45. The molecular weight excluding hydrogens is 188 g/mol. The topological polar surface area (TPSA) is 63.4 Å². The normalized spacial score (nSPS) is 31.5. The van der Waals surface area contributed by atoms with Crippen LogP contribution >= 0.6 is 0 Å². The molecule has 1 saturated heterocycles. The third-order valence-corrected chi connectivity index (χ3v) is 3.68. The first-order chi connectivity index (χ1) is 6.02. The van der Waals surface area contributed by atoms with E-state index < -0.39 is 16.8 Å². The molecule has 0 aromatic rings. The first-order valence-electron chi connectivity index (χ1n) is 4.43. The lowest BCUT2D eigenvalue weighted by Crippen LogP contribution is -2.52. The van der Waals surface area contributed by atoms with E-state index in [9.17, 15) is 9.00 Å². The molecule has 13 heavy (non-hydrogen) atoms. The van der Waals surface area contributed by atoms with Gasteiger partial charge in [0.2, 0.25) is 5.91 Å². The van der Waals surface area contributed by atoms with Crippen LogP contribution < -0.4 is 5.73 Å². The summed E-state index contributed by atoms with van der Waals surface area (Å²) in [7, 11) is -0.755. The number of hydrogen-bond donors (Lipinski definition) is 1. The summed E-state index contributed by atoms with van der Waals surface area (Å²) in [6, 6.07) is -0.387. The van der Waals surface area contributed by atoms with E-state index in [2.05, 4.69) is 0 Å². The van der Waals surface area contributed by atoms with E-state index in [-0.39, 0.29) is 11.9 Å². The van der Waals surface area contributed by atoms with Crippen molar-refractivity contribution in [3.63, 3.8) is 0 Å². The van der Waals surface area contributed by atoms with Crippen LogP contribution in [0.5, 0.6) is 0 Å². The van der Waals surface area contributed by atoms with Gasteiger partial charge in [-0.2, -0.15) is 0 Å². The Morgan fingerprint density at radius 3 is 2.77 bits per heavy atom. The molecule has 0 bridgehead atoms. The lowest BCUT2D eigenvalue weighted by atomic mass is 10.2. The highest BCUT2D eigenvalue weighted by Gasteiger charge is 2.27. The summed E-state index contributed by atoms with van der Waals surface area (Å²) in [5.74, 6) is 1.13. The third kappa shape index (κ3) is 2.51. The number of carbonyl (C=O) groups is 1. The van der Waals surface area contributed by atoms with E-state index in [0.717, 1.165) is 0 Å². The molecule has 2 N–H and O–H groups in total. The zero-order chi connectivity index (χ0) is 10.0. The van der Waals surface area contributed by atoms with Gasteiger partial charge in [-0.05, 0) is 13.8 Å². The molecule has 0 radical (unpaired) electrons. The van der Waals surface area contributed by atoms with Crippen molar-refractivity contribution in [3.8, 4) is 0 Å². The first kappa shape index (κ1) is 10.7. The minimum absolute atomic E-state index is 0.0378. The van der Waals surface area contributed by atoms with Crippen molar-refractivity contribution in [1.82, 2.24) is 4.90 Å². The molecule has 1 heterocycles. The van der Waals surface area contributed by atoms with Crippen molar-refractivity contribution in [1.29, 1.82) is 0 Å². The van der Waals surface area contributed by atoms with Crippen LogP contribution in [0.4, 0.5) is 0 Å². The van der Waals surface area contributed by atoms with E-state index in [1.54, 1.807) is 11.8 Å². The van der Waals surface area contributed by atoms with E-state index >= 15 is 0 Å². The highest BCUT2D eigenvalue weighted by atomic mass is 32.2. The molecule has 3 atom stereocenters.